The average Bonchev–Trinajstić information content (AvgIpc) is 2.80. The van der Waals surface area contributed by atoms with Crippen LogP contribution in [0.5, 0.6) is 0 Å². The molecule has 22 heavy (non-hydrogen) atoms. The topological polar surface area (TPSA) is 103 Å². The van der Waals surface area contributed by atoms with Gasteiger partial charge in [-0.3, -0.25) is 20.3 Å². The van der Waals surface area contributed by atoms with Crippen molar-refractivity contribution in [2.24, 2.45) is 0 Å². The van der Waals surface area contributed by atoms with Gasteiger partial charge in [-0.05, 0) is 18.7 Å². The Kier molecular flexibility index (Phi) is 4.99. The third-order valence-corrected chi connectivity index (χ3v) is 3.81. The molecule has 0 bridgehead atoms. The zero-order valence-electron chi connectivity index (χ0n) is 11.7. The van der Waals surface area contributed by atoms with Crippen molar-refractivity contribution in [3.63, 3.8) is 0 Å². The lowest BCUT2D eigenvalue weighted by molar-refractivity contribution is -0.384. The Labute approximate surface area is 135 Å². The van der Waals surface area contributed by atoms with Crippen molar-refractivity contribution in [2.45, 2.75) is 19.0 Å². The Hall–Kier alpha value is -2.13. The van der Waals surface area contributed by atoms with Gasteiger partial charge in [-0.1, -0.05) is 30.3 Å². The molecule has 0 unspecified atom stereocenters. The van der Waals surface area contributed by atoms with E-state index in [1.54, 1.807) is 6.92 Å². The molecule has 0 fully saturated rings. The molecule has 0 spiro atoms. The van der Waals surface area contributed by atoms with E-state index in [1.165, 1.54) is 28.6 Å². The second kappa shape index (κ2) is 6.75. The number of hydrogen-bond acceptors (Lipinski definition) is 6. The van der Waals surface area contributed by atoms with Crippen LogP contribution in [0.4, 0.5) is 5.69 Å². The third kappa shape index (κ3) is 3.37. The summed E-state index contributed by atoms with van der Waals surface area (Å²) < 4.78 is 1.45. The molecule has 0 saturated heterocycles. The van der Waals surface area contributed by atoms with Gasteiger partial charge in [0.1, 0.15) is 5.82 Å². The molecule has 1 amide bonds. The highest BCUT2D eigenvalue weighted by atomic mass is 35.5. The number of aromatic nitrogens is 3. The fourth-order valence-corrected chi connectivity index (χ4v) is 2.58. The highest BCUT2D eigenvalue weighted by Gasteiger charge is 2.17. The van der Waals surface area contributed by atoms with E-state index in [0.29, 0.717) is 11.0 Å². The van der Waals surface area contributed by atoms with Crippen molar-refractivity contribution in [2.75, 3.05) is 11.2 Å². The molecule has 10 heteroatoms. The second-order valence-electron chi connectivity index (χ2n) is 4.16. The summed E-state index contributed by atoms with van der Waals surface area (Å²) in [6, 6.07) is 3.67. The quantitative estimate of drug-likeness (QED) is 0.509. The molecule has 1 aromatic heterocycles. The number of thioether (sulfide) groups is 1. The van der Waals surface area contributed by atoms with Gasteiger partial charge in [0.05, 0.1) is 15.5 Å². The number of aryl methyl sites for hydroxylation is 1. The lowest BCUT2D eigenvalue weighted by Crippen LogP contribution is -2.25. The van der Waals surface area contributed by atoms with Crippen molar-refractivity contribution >= 4 is 35.0 Å². The van der Waals surface area contributed by atoms with E-state index in [0.717, 1.165) is 11.8 Å². The standard InChI is InChI=1S/C12H12ClN5O3S/c1-3-22-12-15-14-7(2)17(12)16-11(19)9-5-4-8(18(20)21)6-10(9)13/h4-6H,3H2,1-2H3,(H,16,19). The first kappa shape index (κ1) is 16.2. The molecule has 0 aliphatic heterocycles. The second-order valence-corrected chi connectivity index (χ2v) is 5.80. The number of carbonyl (C=O) groups excluding carboxylic acids is 1. The van der Waals surface area contributed by atoms with Crippen molar-refractivity contribution in [1.82, 2.24) is 14.9 Å². The van der Waals surface area contributed by atoms with Crippen LogP contribution < -0.4 is 5.43 Å². The number of benzene rings is 1. The first-order chi connectivity index (χ1) is 10.4. The molecule has 0 atom stereocenters. The van der Waals surface area contributed by atoms with Crippen LogP contribution in [0.15, 0.2) is 23.4 Å². The number of hydrogen-bond donors (Lipinski definition) is 1. The Bertz CT molecular complexity index is 734. The summed E-state index contributed by atoms with van der Waals surface area (Å²) in [4.78, 5) is 22.4. The van der Waals surface area contributed by atoms with Gasteiger partial charge in [0.15, 0.2) is 0 Å². The highest BCUT2D eigenvalue weighted by molar-refractivity contribution is 7.99. The number of halogens is 1. The molecule has 0 radical (unpaired) electrons. The van der Waals surface area contributed by atoms with Gasteiger partial charge in [-0.25, -0.2) is 4.68 Å². The van der Waals surface area contributed by atoms with Crippen LogP contribution in [0, 0.1) is 17.0 Å². The number of nitrogens with zero attached hydrogens (tertiary/aromatic N) is 4. The molecule has 0 saturated carbocycles. The molecule has 8 nitrogen and oxygen atoms in total. The molecule has 1 N–H and O–H groups in total. The predicted molar refractivity (Wildman–Crippen MR) is 83.0 cm³/mol. The minimum Gasteiger partial charge on any atom is -0.267 e. The number of non-ortho nitro benzene ring substituents is 1. The van der Waals surface area contributed by atoms with E-state index >= 15 is 0 Å². The summed E-state index contributed by atoms with van der Waals surface area (Å²) in [5.74, 6) is 0.787. The molecule has 0 aliphatic carbocycles. The largest absolute Gasteiger partial charge is 0.271 e. The minimum atomic E-state index is -0.576. The number of nitrogens with one attached hydrogen (secondary N) is 1. The summed E-state index contributed by atoms with van der Waals surface area (Å²) in [6.45, 7) is 3.65. The fraction of sp³-hybridized carbons (Fsp3) is 0.250. The maximum absolute atomic E-state index is 12.3. The van der Waals surface area contributed by atoms with Gasteiger partial charge in [-0.2, -0.15) is 0 Å². The summed E-state index contributed by atoms with van der Waals surface area (Å²) in [6.07, 6.45) is 0. The van der Waals surface area contributed by atoms with Crippen LogP contribution in [-0.4, -0.2) is 31.5 Å². The summed E-state index contributed by atoms with van der Waals surface area (Å²) in [5, 5.41) is 19.1. The molecule has 1 aromatic carbocycles. The Morgan fingerprint density at radius 2 is 2.23 bits per heavy atom. The summed E-state index contributed by atoms with van der Waals surface area (Å²) in [5.41, 5.74) is 2.58. The Morgan fingerprint density at radius 3 is 2.82 bits per heavy atom. The van der Waals surface area contributed by atoms with Gasteiger partial charge >= 0.3 is 0 Å². The summed E-state index contributed by atoms with van der Waals surface area (Å²) in [7, 11) is 0. The molecule has 0 aliphatic rings. The van der Waals surface area contributed by atoms with Gasteiger partial charge in [0.25, 0.3) is 11.6 Å². The first-order valence-electron chi connectivity index (χ1n) is 6.24. The first-order valence-corrected chi connectivity index (χ1v) is 7.60. The van der Waals surface area contributed by atoms with Crippen LogP contribution in [-0.2, 0) is 0 Å². The highest BCUT2D eigenvalue weighted by Crippen LogP contribution is 2.23. The lowest BCUT2D eigenvalue weighted by Gasteiger charge is -2.10. The number of amides is 1. The van der Waals surface area contributed by atoms with Crippen LogP contribution in [0.1, 0.15) is 23.1 Å². The predicted octanol–water partition coefficient (Wildman–Crippen LogP) is 2.64. The zero-order chi connectivity index (χ0) is 16.3. The van der Waals surface area contributed by atoms with E-state index in [1.807, 2.05) is 6.92 Å². The van der Waals surface area contributed by atoms with E-state index < -0.39 is 10.8 Å². The van der Waals surface area contributed by atoms with Gasteiger partial charge in [-0.15, -0.1) is 10.2 Å². The lowest BCUT2D eigenvalue weighted by atomic mass is 10.2. The number of carbonyl (C=O) groups is 1. The van der Waals surface area contributed by atoms with Crippen LogP contribution >= 0.6 is 23.4 Å². The van der Waals surface area contributed by atoms with Crippen molar-refractivity contribution in [3.05, 3.63) is 44.7 Å². The Balaban J connectivity index is 2.26. The molecule has 116 valence electrons. The van der Waals surface area contributed by atoms with E-state index in [4.69, 9.17) is 11.6 Å². The third-order valence-electron chi connectivity index (χ3n) is 2.69. The smallest absolute Gasteiger partial charge is 0.267 e. The monoisotopic (exact) mass is 341 g/mol. The maximum atomic E-state index is 12.3. The SMILES string of the molecule is CCSc1nnc(C)n1NC(=O)c1ccc([N+](=O)[O-])cc1Cl. The number of nitro benzene ring substituents is 1. The van der Waals surface area contributed by atoms with E-state index in [-0.39, 0.29) is 16.3 Å². The zero-order valence-corrected chi connectivity index (χ0v) is 13.3. The maximum Gasteiger partial charge on any atom is 0.271 e. The van der Waals surface area contributed by atoms with Crippen LogP contribution in [0.25, 0.3) is 0 Å². The van der Waals surface area contributed by atoms with Crippen molar-refractivity contribution in [1.29, 1.82) is 0 Å². The van der Waals surface area contributed by atoms with Gasteiger partial charge in [0, 0.05) is 12.1 Å². The van der Waals surface area contributed by atoms with Crippen LogP contribution in [0.2, 0.25) is 5.02 Å². The van der Waals surface area contributed by atoms with Crippen LogP contribution in [0.3, 0.4) is 0 Å². The molecule has 1 heterocycles. The molecule has 2 rings (SSSR count). The Morgan fingerprint density at radius 1 is 1.50 bits per heavy atom. The summed E-state index contributed by atoms with van der Waals surface area (Å²) >= 11 is 7.36. The average molecular weight is 342 g/mol. The number of rotatable bonds is 5. The van der Waals surface area contributed by atoms with E-state index in [9.17, 15) is 14.9 Å². The van der Waals surface area contributed by atoms with E-state index in [2.05, 4.69) is 15.6 Å². The fourth-order valence-electron chi connectivity index (χ4n) is 1.66. The molecular formula is C12H12ClN5O3S. The number of nitro groups is 1. The molecule has 2 aromatic rings. The normalized spacial score (nSPS) is 10.5. The minimum absolute atomic E-state index is 0.00196. The van der Waals surface area contributed by atoms with Gasteiger partial charge in [0.2, 0.25) is 5.16 Å². The van der Waals surface area contributed by atoms with Crippen molar-refractivity contribution < 1.29 is 9.72 Å². The van der Waals surface area contributed by atoms with Gasteiger partial charge < -0.3 is 0 Å². The molecular weight excluding hydrogens is 330 g/mol. The van der Waals surface area contributed by atoms with Crippen molar-refractivity contribution in [3.8, 4) is 0 Å².